The number of alkyl halides is 1. The van der Waals surface area contributed by atoms with Crippen LogP contribution in [0.3, 0.4) is 0 Å². The average molecular weight is 330 g/mol. The van der Waals surface area contributed by atoms with Gasteiger partial charge in [0, 0.05) is 0 Å². The van der Waals surface area contributed by atoms with Crippen molar-refractivity contribution in [2.45, 2.75) is 39.7 Å². The van der Waals surface area contributed by atoms with E-state index in [0.717, 1.165) is 16.8 Å². The van der Waals surface area contributed by atoms with E-state index in [1.54, 1.807) is 0 Å². The maximum absolute atomic E-state index is 5.56. The standard InChI is InChI=1S/C11H25INO2/c1-6-9(2)10(3)11(14-5)7-8-12-15-13-4/h9-11,13H,6-8H2,1-5H3/q-1/t9-,10?,11+/m1/s1. The monoisotopic (exact) mass is 330 g/mol. The molecule has 0 radical (unpaired) electrons. The van der Waals surface area contributed by atoms with Gasteiger partial charge in [0.25, 0.3) is 0 Å². The molecule has 4 heteroatoms. The van der Waals surface area contributed by atoms with Crippen LogP contribution in [-0.4, -0.2) is 24.7 Å². The second-order valence-electron chi connectivity index (χ2n) is 3.89. The summed E-state index contributed by atoms with van der Waals surface area (Å²) >= 11 is -0.156. The van der Waals surface area contributed by atoms with E-state index >= 15 is 0 Å². The van der Waals surface area contributed by atoms with Crippen LogP contribution in [0, 0.1) is 11.8 Å². The number of hydrogen-bond donors (Lipinski definition) is 1. The van der Waals surface area contributed by atoms with Crippen molar-refractivity contribution in [2.24, 2.45) is 11.8 Å². The second kappa shape index (κ2) is 9.81. The Bertz CT molecular complexity index is 147. The molecule has 0 amide bonds. The Morgan fingerprint density at radius 1 is 1.33 bits per heavy atom. The summed E-state index contributed by atoms with van der Waals surface area (Å²) < 4.78 is 11.9. The maximum atomic E-state index is 5.56. The molecule has 3 nitrogen and oxygen atoms in total. The van der Waals surface area contributed by atoms with Crippen LogP contribution in [0.25, 0.3) is 0 Å². The molecule has 0 saturated heterocycles. The molecule has 0 aliphatic carbocycles. The Labute approximate surface area is 105 Å². The number of nitrogens with one attached hydrogen (secondary N) is 1. The van der Waals surface area contributed by atoms with E-state index in [4.69, 9.17) is 7.90 Å². The molecule has 0 aliphatic heterocycles. The summed E-state index contributed by atoms with van der Waals surface area (Å²) in [6.07, 6.45) is 2.74. The summed E-state index contributed by atoms with van der Waals surface area (Å²) in [5, 5.41) is 0. The summed E-state index contributed by atoms with van der Waals surface area (Å²) in [4.78, 5) is 0. The fourth-order valence-electron chi connectivity index (χ4n) is 1.58. The summed E-state index contributed by atoms with van der Waals surface area (Å²) in [5.41, 5.74) is 2.73. The van der Waals surface area contributed by atoms with E-state index in [2.05, 4.69) is 26.3 Å². The van der Waals surface area contributed by atoms with Crippen molar-refractivity contribution in [3.8, 4) is 0 Å². The van der Waals surface area contributed by atoms with E-state index in [9.17, 15) is 0 Å². The van der Waals surface area contributed by atoms with Gasteiger partial charge < -0.3 is 0 Å². The molecular weight excluding hydrogens is 305 g/mol. The topological polar surface area (TPSA) is 30.5 Å². The summed E-state index contributed by atoms with van der Waals surface area (Å²) in [6.45, 7) is 6.83. The van der Waals surface area contributed by atoms with Crippen molar-refractivity contribution in [1.29, 1.82) is 0 Å². The van der Waals surface area contributed by atoms with Gasteiger partial charge in [0.05, 0.1) is 0 Å². The van der Waals surface area contributed by atoms with Gasteiger partial charge in [-0.3, -0.25) is 0 Å². The Morgan fingerprint density at radius 2 is 2.00 bits per heavy atom. The number of hydroxylamine groups is 1. The number of ether oxygens (including phenoxy) is 1. The number of hydrogen-bond acceptors (Lipinski definition) is 3. The van der Waals surface area contributed by atoms with Gasteiger partial charge in [-0.25, -0.2) is 0 Å². The van der Waals surface area contributed by atoms with Gasteiger partial charge in [-0.2, -0.15) is 0 Å². The van der Waals surface area contributed by atoms with Crippen LogP contribution in [0.5, 0.6) is 0 Å². The van der Waals surface area contributed by atoms with Gasteiger partial charge >= 0.3 is 105 Å². The van der Waals surface area contributed by atoms with E-state index in [0.29, 0.717) is 12.0 Å². The van der Waals surface area contributed by atoms with Crippen LogP contribution in [-0.2, 0) is 7.90 Å². The van der Waals surface area contributed by atoms with Gasteiger partial charge in [0.1, 0.15) is 0 Å². The summed E-state index contributed by atoms with van der Waals surface area (Å²) in [6, 6.07) is 0. The molecule has 0 aromatic heterocycles. The Balaban J connectivity index is 3.79. The van der Waals surface area contributed by atoms with Crippen molar-refractivity contribution in [3.05, 3.63) is 0 Å². The van der Waals surface area contributed by atoms with E-state index < -0.39 is 0 Å². The van der Waals surface area contributed by atoms with E-state index in [-0.39, 0.29) is 21.6 Å². The van der Waals surface area contributed by atoms with E-state index in [1.165, 1.54) is 6.42 Å². The molecule has 3 atom stereocenters. The Morgan fingerprint density at radius 3 is 2.47 bits per heavy atom. The third-order valence-corrected chi connectivity index (χ3v) is 4.85. The zero-order valence-corrected chi connectivity index (χ0v) is 12.7. The first-order valence-corrected chi connectivity index (χ1v) is 8.02. The number of rotatable bonds is 9. The van der Waals surface area contributed by atoms with Crippen LogP contribution < -0.4 is 27.1 Å². The minimum absolute atomic E-state index is 0.156. The molecule has 0 rings (SSSR count). The normalized spacial score (nSPS) is 17.7. The molecule has 0 fully saturated rings. The molecule has 0 aromatic rings. The van der Waals surface area contributed by atoms with Crippen LogP contribution in [0.2, 0.25) is 0 Å². The molecule has 1 N–H and O–H groups in total. The molecule has 0 aromatic carbocycles. The Kier molecular flexibility index (Phi) is 10.2. The average Bonchev–Trinajstić information content (AvgIpc) is 2.27. The Hall–Kier alpha value is 0.610. The van der Waals surface area contributed by atoms with Crippen molar-refractivity contribution in [3.63, 3.8) is 0 Å². The van der Waals surface area contributed by atoms with Gasteiger partial charge in [-0.05, 0) is 0 Å². The van der Waals surface area contributed by atoms with E-state index in [1.807, 2.05) is 14.2 Å². The quantitative estimate of drug-likeness (QED) is 0.261. The predicted molar refractivity (Wildman–Crippen MR) is 59.0 cm³/mol. The molecule has 0 aliphatic rings. The number of halogens is 1. The first-order chi connectivity index (χ1) is 7.17. The van der Waals surface area contributed by atoms with Crippen molar-refractivity contribution < 1.29 is 29.5 Å². The fourth-order valence-corrected chi connectivity index (χ4v) is 2.98. The van der Waals surface area contributed by atoms with Gasteiger partial charge in [-0.15, -0.1) is 0 Å². The minimum atomic E-state index is -0.156. The second-order valence-corrected chi connectivity index (χ2v) is 6.03. The summed E-state index contributed by atoms with van der Waals surface area (Å²) in [5.74, 6) is 1.37. The fraction of sp³-hybridized carbons (Fsp3) is 1.00. The molecule has 0 heterocycles. The predicted octanol–water partition coefficient (Wildman–Crippen LogP) is -0.771. The first-order valence-electron chi connectivity index (χ1n) is 5.61. The molecule has 0 spiro atoms. The molecule has 15 heavy (non-hydrogen) atoms. The molecule has 1 unspecified atom stereocenters. The zero-order chi connectivity index (χ0) is 11.7. The van der Waals surface area contributed by atoms with Gasteiger partial charge in [-0.1, -0.05) is 0 Å². The molecule has 0 saturated carbocycles. The molecular formula is C11H25INO2-. The third kappa shape index (κ3) is 6.71. The molecule has 94 valence electrons. The van der Waals surface area contributed by atoms with Crippen LogP contribution in [0.15, 0.2) is 0 Å². The SMILES string of the molecule is CC[C@@H](C)C(C)[C@H](CC[I-]ONC)OC. The summed E-state index contributed by atoms with van der Waals surface area (Å²) in [7, 11) is 3.64. The van der Waals surface area contributed by atoms with Gasteiger partial charge in [0.2, 0.25) is 0 Å². The van der Waals surface area contributed by atoms with Crippen LogP contribution in [0.1, 0.15) is 33.6 Å². The van der Waals surface area contributed by atoms with Crippen LogP contribution in [0.4, 0.5) is 0 Å². The van der Waals surface area contributed by atoms with Crippen molar-refractivity contribution in [2.75, 3.05) is 18.6 Å². The van der Waals surface area contributed by atoms with Crippen LogP contribution >= 0.6 is 0 Å². The zero-order valence-electron chi connectivity index (χ0n) is 10.5. The van der Waals surface area contributed by atoms with Gasteiger partial charge in [0.15, 0.2) is 0 Å². The molecule has 0 bridgehead atoms. The number of methoxy groups -OCH3 is 1. The van der Waals surface area contributed by atoms with Crippen molar-refractivity contribution >= 4 is 0 Å². The third-order valence-electron chi connectivity index (χ3n) is 3.03. The first kappa shape index (κ1) is 15.6. The van der Waals surface area contributed by atoms with Crippen molar-refractivity contribution in [1.82, 2.24) is 5.48 Å².